The molecule has 0 aromatic heterocycles. The number of sulfonamides is 1. The zero-order chi connectivity index (χ0) is 15.6. The second-order valence-electron chi connectivity index (χ2n) is 4.38. The second kappa shape index (κ2) is 6.04. The monoisotopic (exact) mass is 330 g/mol. The van der Waals surface area contributed by atoms with Crippen LogP contribution in [0.1, 0.15) is 6.92 Å². The largest absolute Gasteiger partial charge is 0.479 e. The number of anilines is 1. The molecule has 1 atom stereocenters. The molecule has 0 bridgehead atoms. The number of carbonyl (C=O) groups excluding carboxylic acids is 1. The average Bonchev–Trinajstić information content (AvgIpc) is 2.88. The van der Waals surface area contributed by atoms with Crippen molar-refractivity contribution in [3.8, 4) is 0 Å². The Hall–Kier alpha value is -1.58. The van der Waals surface area contributed by atoms with Crippen LogP contribution < -0.4 is 5.32 Å². The molecule has 1 aliphatic heterocycles. The normalized spacial score (nSPS) is 19.4. The van der Waals surface area contributed by atoms with E-state index < -0.39 is 21.4 Å². The van der Waals surface area contributed by atoms with Crippen molar-refractivity contribution >= 4 is 39.3 Å². The minimum Gasteiger partial charge on any atom is -0.479 e. The summed E-state index contributed by atoms with van der Waals surface area (Å²) in [6.45, 7) is 1.51. The molecular formula is C12H14N2O5S2. The third-order valence-corrected chi connectivity index (χ3v) is 6.04. The standard InChI is InChI=1S/C12H14N2O5S2/c1-8(15)13-9-2-4-10(5-3-9)21(18,19)14-6-7-20-11(14)12(16)17/h2-5,11H,6-7H2,1H3,(H,13,15)(H,16,17)/t11-/m1/s1. The molecule has 1 aromatic rings. The van der Waals surface area contributed by atoms with Crippen LogP contribution in [0.25, 0.3) is 0 Å². The maximum atomic E-state index is 12.4. The van der Waals surface area contributed by atoms with Crippen molar-refractivity contribution in [2.75, 3.05) is 17.6 Å². The number of thioether (sulfide) groups is 1. The first-order valence-electron chi connectivity index (χ1n) is 6.06. The van der Waals surface area contributed by atoms with Gasteiger partial charge in [-0.1, -0.05) is 0 Å². The van der Waals surface area contributed by atoms with Crippen molar-refractivity contribution in [1.29, 1.82) is 0 Å². The van der Waals surface area contributed by atoms with E-state index >= 15 is 0 Å². The van der Waals surface area contributed by atoms with Crippen LogP contribution in [-0.4, -0.2) is 47.4 Å². The predicted molar refractivity (Wildman–Crippen MR) is 78.5 cm³/mol. The van der Waals surface area contributed by atoms with Gasteiger partial charge in [-0.3, -0.25) is 4.79 Å². The van der Waals surface area contributed by atoms with E-state index in [1.165, 1.54) is 31.2 Å². The lowest BCUT2D eigenvalue weighted by Crippen LogP contribution is -2.39. The van der Waals surface area contributed by atoms with Crippen molar-refractivity contribution in [2.45, 2.75) is 17.2 Å². The van der Waals surface area contributed by atoms with Gasteiger partial charge in [0.05, 0.1) is 4.90 Å². The lowest BCUT2D eigenvalue weighted by Gasteiger charge is -2.20. The molecule has 114 valence electrons. The van der Waals surface area contributed by atoms with Gasteiger partial charge in [0, 0.05) is 24.9 Å². The van der Waals surface area contributed by atoms with E-state index in [0.29, 0.717) is 11.4 Å². The molecule has 2 N–H and O–H groups in total. The maximum Gasteiger partial charge on any atom is 0.332 e. The van der Waals surface area contributed by atoms with E-state index in [4.69, 9.17) is 5.11 Å². The Balaban J connectivity index is 2.27. The predicted octanol–water partition coefficient (Wildman–Crippen LogP) is 0.793. The highest BCUT2D eigenvalue weighted by Gasteiger charge is 2.40. The fraction of sp³-hybridized carbons (Fsp3) is 0.333. The number of benzene rings is 1. The van der Waals surface area contributed by atoms with E-state index in [-0.39, 0.29) is 17.3 Å². The van der Waals surface area contributed by atoms with Crippen molar-refractivity contribution in [3.63, 3.8) is 0 Å². The summed E-state index contributed by atoms with van der Waals surface area (Å²) in [7, 11) is -3.86. The summed E-state index contributed by atoms with van der Waals surface area (Å²) in [5.74, 6) is -0.983. The number of amides is 1. The van der Waals surface area contributed by atoms with E-state index in [2.05, 4.69) is 5.32 Å². The van der Waals surface area contributed by atoms with Gasteiger partial charge in [-0.05, 0) is 24.3 Å². The Kier molecular flexibility index (Phi) is 4.55. The van der Waals surface area contributed by atoms with Gasteiger partial charge < -0.3 is 10.4 Å². The Morgan fingerprint density at radius 1 is 1.33 bits per heavy atom. The molecule has 9 heteroatoms. The number of hydrogen-bond acceptors (Lipinski definition) is 5. The molecular weight excluding hydrogens is 316 g/mol. The molecule has 1 aliphatic rings. The SMILES string of the molecule is CC(=O)Nc1ccc(S(=O)(=O)N2CCS[C@@H]2C(=O)O)cc1. The molecule has 21 heavy (non-hydrogen) atoms. The van der Waals surface area contributed by atoms with Crippen LogP contribution in [0.4, 0.5) is 5.69 Å². The Bertz CT molecular complexity index is 657. The van der Waals surface area contributed by atoms with Crippen LogP contribution in [0.5, 0.6) is 0 Å². The molecule has 0 aliphatic carbocycles. The average molecular weight is 330 g/mol. The maximum absolute atomic E-state index is 12.4. The van der Waals surface area contributed by atoms with Crippen LogP contribution in [0.15, 0.2) is 29.2 Å². The molecule has 2 rings (SSSR count). The lowest BCUT2D eigenvalue weighted by molar-refractivity contribution is -0.138. The molecule has 0 spiro atoms. The molecule has 1 saturated heterocycles. The first-order valence-corrected chi connectivity index (χ1v) is 8.55. The summed E-state index contributed by atoms with van der Waals surface area (Å²) in [6, 6.07) is 5.63. The summed E-state index contributed by atoms with van der Waals surface area (Å²) in [6.07, 6.45) is 0. The number of carboxylic acids is 1. The Labute approximate surface area is 126 Å². The first kappa shape index (κ1) is 15.8. The van der Waals surface area contributed by atoms with Gasteiger partial charge in [0.15, 0.2) is 5.37 Å². The summed E-state index contributed by atoms with van der Waals surface area (Å²) < 4.78 is 25.9. The minimum absolute atomic E-state index is 0.00496. The summed E-state index contributed by atoms with van der Waals surface area (Å²) >= 11 is 1.08. The zero-order valence-corrected chi connectivity index (χ0v) is 12.8. The van der Waals surface area contributed by atoms with Gasteiger partial charge in [0.1, 0.15) is 0 Å². The number of hydrogen-bond donors (Lipinski definition) is 2. The fourth-order valence-electron chi connectivity index (χ4n) is 1.94. The summed E-state index contributed by atoms with van der Waals surface area (Å²) in [4.78, 5) is 22.0. The molecule has 1 heterocycles. The third kappa shape index (κ3) is 3.36. The van der Waals surface area contributed by atoms with Crippen molar-refractivity contribution < 1.29 is 23.1 Å². The quantitative estimate of drug-likeness (QED) is 0.846. The van der Waals surface area contributed by atoms with Crippen molar-refractivity contribution in [1.82, 2.24) is 4.31 Å². The number of nitrogens with zero attached hydrogens (tertiary/aromatic N) is 1. The van der Waals surface area contributed by atoms with Crippen LogP contribution in [-0.2, 0) is 19.6 Å². The number of carbonyl (C=O) groups is 2. The van der Waals surface area contributed by atoms with Crippen molar-refractivity contribution in [3.05, 3.63) is 24.3 Å². The highest BCUT2D eigenvalue weighted by molar-refractivity contribution is 8.02. The molecule has 1 aromatic carbocycles. The van der Waals surface area contributed by atoms with Crippen LogP contribution in [0.3, 0.4) is 0 Å². The lowest BCUT2D eigenvalue weighted by atomic mass is 10.3. The van der Waals surface area contributed by atoms with Gasteiger partial charge in [0.25, 0.3) is 0 Å². The minimum atomic E-state index is -3.86. The molecule has 1 amide bonds. The number of rotatable bonds is 4. The fourth-order valence-corrected chi connectivity index (χ4v) is 4.95. The number of aliphatic carboxylic acids is 1. The zero-order valence-electron chi connectivity index (χ0n) is 11.1. The van der Waals surface area contributed by atoms with Gasteiger partial charge in [-0.25, -0.2) is 13.2 Å². The molecule has 0 unspecified atom stereocenters. The van der Waals surface area contributed by atoms with E-state index in [1.54, 1.807) is 0 Å². The van der Waals surface area contributed by atoms with E-state index in [1.807, 2.05) is 0 Å². The summed E-state index contributed by atoms with van der Waals surface area (Å²) in [5.41, 5.74) is 0.479. The van der Waals surface area contributed by atoms with Crippen LogP contribution >= 0.6 is 11.8 Å². The van der Waals surface area contributed by atoms with Crippen LogP contribution in [0, 0.1) is 0 Å². The number of nitrogens with one attached hydrogen (secondary N) is 1. The molecule has 1 fully saturated rings. The Morgan fingerprint density at radius 3 is 2.48 bits per heavy atom. The molecule has 0 saturated carbocycles. The van der Waals surface area contributed by atoms with E-state index in [0.717, 1.165) is 16.1 Å². The van der Waals surface area contributed by atoms with Gasteiger partial charge in [-0.15, -0.1) is 11.8 Å². The second-order valence-corrected chi connectivity index (χ2v) is 7.46. The molecule has 0 radical (unpaired) electrons. The van der Waals surface area contributed by atoms with Crippen LogP contribution in [0.2, 0.25) is 0 Å². The highest BCUT2D eigenvalue weighted by atomic mass is 32.2. The van der Waals surface area contributed by atoms with Crippen molar-refractivity contribution in [2.24, 2.45) is 0 Å². The topological polar surface area (TPSA) is 104 Å². The first-order chi connectivity index (χ1) is 9.82. The van der Waals surface area contributed by atoms with Gasteiger partial charge in [-0.2, -0.15) is 4.31 Å². The van der Waals surface area contributed by atoms with E-state index in [9.17, 15) is 18.0 Å². The van der Waals surface area contributed by atoms with Gasteiger partial charge in [0.2, 0.25) is 15.9 Å². The summed E-state index contributed by atoms with van der Waals surface area (Å²) in [5, 5.41) is 10.5. The smallest absolute Gasteiger partial charge is 0.332 e. The third-order valence-electron chi connectivity index (χ3n) is 2.84. The Morgan fingerprint density at radius 2 is 1.95 bits per heavy atom. The highest BCUT2D eigenvalue weighted by Crippen LogP contribution is 2.30. The molecule has 7 nitrogen and oxygen atoms in total. The van der Waals surface area contributed by atoms with Gasteiger partial charge >= 0.3 is 5.97 Å². The number of carboxylic acid groups (broad SMARTS) is 1.